The summed E-state index contributed by atoms with van der Waals surface area (Å²) in [5.41, 5.74) is 2.20. The summed E-state index contributed by atoms with van der Waals surface area (Å²) in [7, 11) is 0. The maximum Gasteiger partial charge on any atom is 0.228 e. The van der Waals surface area contributed by atoms with Crippen LogP contribution in [0.15, 0.2) is 24.3 Å². The van der Waals surface area contributed by atoms with Crippen molar-refractivity contribution in [2.24, 2.45) is 5.92 Å². The number of nitrogens with one attached hydrogen (secondary N) is 1. The third kappa shape index (κ3) is 4.06. The molecule has 0 aromatic heterocycles. The van der Waals surface area contributed by atoms with Crippen LogP contribution in [0.3, 0.4) is 0 Å². The Bertz CT molecular complexity index is 725. The number of fused-ring (bicyclic) bond motifs is 2. The number of hydrogen-bond donors (Lipinski definition) is 1. The van der Waals surface area contributed by atoms with E-state index in [0.717, 1.165) is 38.0 Å². The smallest absolute Gasteiger partial charge is 0.228 e. The summed E-state index contributed by atoms with van der Waals surface area (Å²) in [4.78, 5) is 29.8. The van der Waals surface area contributed by atoms with Gasteiger partial charge in [-0.15, -0.1) is 12.4 Å². The van der Waals surface area contributed by atoms with Crippen molar-refractivity contribution in [3.05, 3.63) is 29.8 Å². The third-order valence-electron chi connectivity index (χ3n) is 6.68. The van der Waals surface area contributed by atoms with Gasteiger partial charge in [0.05, 0.1) is 5.92 Å². The summed E-state index contributed by atoms with van der Waals surface area (Å²) < 4.78 is 0. The fraction of sp³-hybridized carbons (Fsp3) is 0.636. The SMILES string of the molecule is CCC(C)c1ccccc1N1CC(C(=O)N2CCC3CCC(C2)N3)CC1=O.Cl. The molecule has 0 saturated carbocycles. The van der Waals surface area contributed by atoms with Crippen LogP contribution in [-0.2, 0) is 9.59 Å². The third-order valence-corrected chi connectivity index (χ3v) is 6.68. The fourth-order valence-corrected chi connectivity index (χ4v) is 4.88. The molecule has 6 heteroatoms. The summed E-state index contributed by atoms with van der Waals surface area (Å²) in [5, 5.41) is 3.63. The van der Waals surface area contributed by atoms with Crippen molar-refractivity contribution in [3.63, 3.8) is 0 Å². The number of likely N-dealkylation sites (tertiary alicyclic amines) is 1. The van der Waals surface area contributed by atoms with E-state index in [2.05, 4.69) is 25.2 Å². The van der Waals surface area contributed by atoms with E-state index in [1.807, 2.05) is 28.0 Å². The van der Waals surface area contributed by atoms with Crippen LogP contribution in [0.4, 0.5) is 5.69 Å². The normalized spacial score (nSPS) is 28.1. The van der Waals surface area contributed by atoms with E-state index in [1.54, 1.807) is 0 Å². The number of anilines is 1. The van der Waals surface area contributed by atoms with Crippen molar-refractivity contribution in [2.75, 3.05) is 24.5 Å². The van der Waals surface area contributed by atoms with E-state index in [9.17, 15) is 9.59 Å². The van der Waals surface area contributed by atoms with Crippen LogP contribution >= 0.6 is 12.4 Å². The number of hydrogen-bond acceptors (Lipinski definition) is 3. The van der Waals surface area contributed by atoms with Crippen LogP contribution in [0.1, 0.15) is 57.4 Å². The Morgan fingerprint density at radius 2 is 1.93 bits per heavy atom. The number of nitrogens with zero attached hydrogens (tertiary/aromatic N) is 2. The van der Waals surface area contributed by atoms with Gasteiger partial charge in [0.25, 0.3) is 0 Å². The quantitative estimate of drug-likeness (QED) is 0.835. The average molecular weight is 406 g/mol. The van der Waals surface area contributed by atoms with Gasteiger partial charge >= 0.3 is 0 Å². The number of carbonyl (C=O) groups is 2. The molecule has 1 aromatic carbocycles. The van der Waals surface area contributed by atoms with Gasteiger partial charge in [-0.2, -0.15) is 0 Å². The van der Waals surface area contributed by atoms with E-state index in [-0.39, 0.29) is 30.1 Å². The molecule has 0 aliphatic carbocycles. The van der Waals surface area contributed by atoms with Crippen LogP contribution in [0.2, 0.25) is 0 Å². The molecule has 4 unspecified atom stereocenters. The molecule has 1 N–H and O–H groups in total. The van der Waals surface area contributed by atoms with Crippen molar-refractivity contribution in [3.8, 4) is 0 Å². The molecule has 3 fully saturated rings. The largest absolute Gasteiger partial charge is 0.341 e. The number of amides is 2. The summed E-state index contributed by atoms with van der Waals surface area (Å²) in [6, 6.07) is 9.16. The van der Waals surface area contributed by atoms with Crippen LogP contribution in [0, 0.1) is 5.92 Å². The highest BCUT2D eigenvalue weighted by Crippen LogP contribution is 2.34. The first-order valence-corrected chi connectivity index (χ1v) is 10.5. The lowest BCUT2D eigenvalue weighted by molar-refractivity contribution is -0.136. The maximum atomic E-state index is 13.1. The monoisotopic (exact) mass is 405 g/mol. The minimum Gasteiger partial charge on any atom is -0.341 e. The van der Waals surface area contributed by atoms with Gasteiger partial charge in [-0.05, 0) is 43.2 Å². The zero-order valence-electron chi connectivity index (χ0n) is 16.9. The van der Waals surface area contributed by atoms with Crippen molar-refractivity contribution in [1.82, 2.24) is 10.2 Å². The van der Waals surface area contributed by atoms with Crippen LogP contribution < -0.4 is 10.2 Å². The van der Waals surface area contributed by atoms with Crippen molar-refractivity contribution >= 4 is 29.9 Å². The minimum absolute atomic E-state index is 0. The Kier molecular flexibility index (Phi) is 6.66. The molecular formula is C22H32ClN3O2. The first kappa shape index (κ1) is 21.1. The summed E-state index contributed by atoms with van der Waals surface area (Å²) in [6.07, 6.45) is 4.79. The Morgan fingerprint density at radius 1 is 1.18 bits per heavy atom. The Balaban J connectivity index is 0.00000225. The van der Waals surface area contributed by atoms with Gasteiger partial charge < -0.3 is 15.1 Å². The Labute approximate surface area is 174 Å². The van der Waals surface area contributed by atoms with E-state index in [0.29, 0.717) is 31.0 Å². The van der Waals surface area contributed by atoms with Gasteiger partial charge in [-0.3, -0.25) is 9.59 Å². The predicted molar refractivity (Wildman–Crippen MR) is 114 cm³/mol. The minimum atomic E-state index is -0.209. The Hall–Kier alpha value is -1.59. The summed E-state index contributed by atoms with van der Waals surface area (Å²) in [5.74, 6) is 0.440. The molecule has 1 aromatic rings. The summed E-state index contributed by atoms with van der Waals surface area (Å²) >= 11 is 0. The zero-order chi connectivity index (χ0) is 19.0. The lowest BCUT2D eigenvalue weighted by Gasteiger charge is -2.27. The van der Waals surface area contributed by atoms with Crippen molar-refractivity contribution in [2.45, 2.75) is 64.0 Å². The first-order chi connectivity index (χ1) is 13.1. The summed E-state index contributed by atoms with van der Waals surface area (Å²) in [6.45, 7) is 6.50. The second kappa shape index (κ2) is 8.83. The highest BCUT2D eigenvalue weighted by atomic mass is 35.5. The van der Waals surface area contributed by atoms with Crippen molar-refractivity contribution in [1.29, 1.82) is 0 Å². The molecule has 0 spiro atoms. The van der Waals surface area contributed by atoms with Gasteiger partial charge in [0, 0.05) is 43.8 Å². The molecule has 4 rings (SSSR count). The highest BCUT2D eigenvalue weighted by Gasteiger charge is 2.40. The number of halogens is 1. The first-order valence-electron chi connectivity index (χ1n) is 10.5. The molecule has 3 heterocycles. The number of carbonyl (C=O) groups excluding carboxylic acids is 2. The van der Waals surface area contributed by atoms with E-state index in [1.165, 1.54) is 12.0 Å². The molecule has 3 aliphatic heterocycles. The van der Waals surface area contributed by atoms with Gasteiger partial charge in [0.1, 0.15) is 0 Å². The van der Waals surface area contributed by atoms with Gasteiger partial charge in [-0.25, -0.2) is 0 Å². The Morgan fingerprint density at radius 3 is 2.71 bits per heavy atom. The second-order valence-corrected chi connectivity index (χ2v) is 8.48. The number of benzene rings is 1. The zero-order valence-corrected chi connectivity index (χ0v) is 17.7. The van der Waals surface area contributed by atoms with Gasteiger partial charge in [0.2, 0.25) is 11.8 Å². The van der Waals surface area contributed by atoms with Gasteiger partial charge in [0.15, 0.2) is 0 Å². The van der Waals surface area contributed by atoms with Crippen LogP contribution in [0.25, 0.3) is 0 Å². The average Bonchev–Trinajstić information content (AvgIpc) is 3.22. The molecule has 28 heavy (non-hydrogen) atoms. The molecule has 3 aliphatic rings. The molecular weight excluding hydrogens is 374 g/mol. The van der Waals surface area contributed by atoms with Crippen LogP contribution in [0.5, 0.6) is 0 Å². The topological polar surface area (TPSA) is 52.7 Å². The van der Waals surface area contributed by atoms with E-state index >= 15 is 0 Å². The van der Waals surface area contributed by atoms with Crippen LogP contribution in [-0.4, -0.2) is 48.4 Å². The highest BCUT2D eigenvalue weighted by molar-refractivity contribution is 6.01. The number of rotatable bonds is 4. The molecule has 2 amide bonds. The van der Waals surface area contributed by atoms with E-state index < -0.39 is 0 Å². The van der Waals surface area contributed by atoms with Crippen molar-refractivity contribution < 1.29 is 9.59 Å². The lowest BCUT2D eigenvalue weighted by Crippen LogP contribution is -2.42. The molecule has 0 radical (unpaired) electrons. The van der Waals surface area contributed by atoms with E-state index in [4.69, 9.17) is 0 Å². The maximum absolute atomic E-state index is 13.1. The standard InChI is InChI=1S/C22H31N3O2.ClH/c1-3-15(2)19-6-4-5-7-20(19)25-13-16(12-21(25)26)22(27)24-11-10-17-8-9-18(14-24)23-17;/h4-7,15-18,23H,3,8-14H2,1-2H3;1H. The molecule has 3 saturated heterocycles. The lowest BCUT2D eigenvalue weighted by atomic mass is 9.96. The fourth-order valence-electron chi connectivity index (χ4n) is 4.88. The molecule has 2 bridgehead atoms. The predicted octanol–water partition coefficient (Wildman–Crippen LogP) is 3.33. The second-order valence-electron chi connectivity index (χ2n) is 8.48. The molecule has 154 valence electrons. The number of para-hydroxylation sites is 1. The molecule has 4 atom stereocenters. The van der Waals surface area contributed by atoms with Gasteiger partial charge in [-0.1, -0.05) is 32.0 Å². The molecule has 5 nitrogen and oxygen atoms in total.